The van der Waals surface area contributed by atoms with Crippen LogP contribution in [0, 0.1) is 6.92 Å². The molecule has 2 aromatic rings. The molecule has 3 N–H and O–H groups in total. The molecule has 1 aromatic carbocycles. The molecule has 2 rings (SSSR count). The molecule has 0 saturated heterocycles. The van der Waals surface area contributed by atoms with Gasteiger partial charge in [0.25, 0.3) is 0 Å². The van der Waals surface area contributed by atoms with Crippen molar-refractivity contribution in [3.63, 3.8) is 0 Å². The summed E-state index contributed by atoms with van der Waals surface area (Å²) in [5.74, 6) is 1.33. The van der Waals surface area contributed by atoms with Crippen LogP contribution in [0.4, 0.5) is 16.3 Å². The van der Waals surface area contributed by atoms with E-state index in [9.17, 15) is 4.79 Å². The third-order valence-corrected chi connectivity index (χ3v) is 3.55. The predicted molar refractivity (Wildman–Crippen MR) is 95.0 cm³/mol. The average Bonchev–Trinajstić information content (AvgIpc) is 2.53. The van der Waals surface area contributed by atoms with E-state index in [1.807, 2.05) is 43.3 Å². The average molecular weight is 312 g/mol. The van der Waals surface area contributed by atoms with Crippen LogP contribution in [0.15, 0.2) is 42.6 Å². The number of aromatic nitrogens is 1. The van der Waals surface area contributed by atoms with Crippen molar-refractivity contribution in [1.29, 1.82) is 0 Å². The fourth-order valence-electron chi connectivity index (χ4n) is 2.15. The number of pyridine rings is 1. The van der Waals surface area contributed by atoms with Crippen molar-refractivity contribution in [2.45, 2.75) is 26.7 Å². The number of aryl methyl sites for hydroxylation is 1. The van der Waals surface area contributed by atoms with Gasteiger partial charge in [0.05, 0.1) is 0 Å². The fourth-order valence-corrected chi connectivity index (χ4v) is 2.15. The van der Waals surface area contributed by atoms with Gasteiger partial charge in [-0.15, -0.1) is 0 Å². The minimum Gasteiger partial charge on any atom is -0.368 e. The van der Waals surface area contributed by atoms with E-state index in [1.165, 1.54) is 5.56 Å². The van der Waals surface area contributed by atoms with Gasteiger partial charge in [0.15, 0.2) is 0 Å². The summed E-state index contributed by atoms with van der Waals surface area (Å²) >= 11 is 0. The van der Waals surface area contributed by atoms with Crippen molar-refractivity contribution >= 4 is 17.5 Å². The Morgan fingerprint density at radius 2 is 1.87 bits per heavy atom. The van der Waals surface area contributed by atoms with Gasteiger partial charge < -0.3 is 16.0 Å². The Kier molecular flexibility index (Phi) is 5.97. The van der Waals surface area contributed by atoms with Gasteiger partial charge in [-0.3, -0.25) is 0 Å². The minimum absolute atomic E-state index is 0.207. The lowest BCUT2D eigenvalue weighted by Crippen LogP contribution is -2.32. The van der Waals surface area contributed by atoms with Crippen LogP contribution in [0.25, 0.3) is 0 Å². The molecule has 0 aliphatic heterocycles. The topological polar surface area (TPSA) is 66.0 Å². The number of hydrogen-bond donors (Lipinski definition) is 3. The van der Waals surface area contributed by atoms with Crippen LogP contribution in [-0.2, 0) is 0 Å². The number of nitrogens with zero attached hydrogens (tertiary/aromatic N) is 1. The third kappa shape index (κ3) is 5.29. The van der Waals surface area contributed by atoms with Crippen molar-refractivity contribution in [2.75, 3.05) is 23.7 Å². The van der Waals surface area contributed by atoms with Crippen molar-refractivity contribution < 1.29 is 4.79 Å². The maximum atomic E-state index is 11.8. The molecule has 5 heteroatoms. The van der Waals surface area contributed by atoms with Crippen LogP contribution < -0.4 is 16.0 Å². The fraction of sp³-hybridized carbons (Fsp3) is 0.333. The van der Waals surface area contributed by atoms with Crippen LogP contribution in [0.5, 0.6) is 0 Å². The van der Waals surface area contributed by atoms with Gasteiger partial charge in [-0.05, 0) is 42.2 Å². The Morgan fingerprint density at radius 3 is 2.52 bits per heavy atom. The number of benzene rings is 1. The number of urea groups is 1. The second-order valence-electron chi connectivity index (χ2n) is 5.75. The number of carbonyl (C=O) groups excluding carboxylic acids is 1. The van der Waals surface area contributed by atoms with E-state index in [2.05, 4.69) is 34.8 Å². The van der Waals surface area contributed by atoms with Gasteiger partial charge in [0.2, 0.25) is 0 Å². The molecule has 0 aliphatic carbocycles. The van der Waals surface area contributed by atoms with Gasteiger partial charge >= 0.3 is 6.03 Å². The summed E-state index contributed by atoms with van der Waals surface area (Å²) in [7, 11) is 0. The lowest BCUT2D eigenvalue weighted by atomic mass is 10.0. The quantitative estimate of drug-likeness (QED) is 0.712. The van der Waals surface area contributed by atoms with Crippen LogP contribution in [0.2, 0.25) is 0 Å². The summed E-state index contributed by atoms with van der Waals surface area (Å²) in [5.41, 5.74) is 3.13. The summed E-state index contributed by atoms with van der Waals surface area (Å²) in [5, 5.41) is 8.84. The number of carbonyl (C=O) groups is 1. The van der Waals surface area contributed by atoms with Gasteiger partial charge in [0, 0.05) is 25.0 Å². The van der Waals surface area contributed by atoms with E-state index in [1.54, 1.807) is 6.20 Å². The summed E-state index contributed by atoms with van der Waals surface area (Å²) in [6.07, 6.45) is 1.75. The molecule has 0 fully saturated rings. The summed E-state index contributed by atoms with van der Waals surface area (Å²) < 4.78 is 0. The van der Waals surface area contributed by atoms with E-state index in [-0.39, 0.29) is 6.03 Å². The first-order chi connectivity index (χ1) is 11.1. The molecule has 5 nitrogen and oxygen atoms in total. The maximum Gasteiger partial charge on any atom is 0.319 e. The minimum atomic E-state index is -0.207. The molecule has 0 aliphatic rings. The predicted octanol–water partition coefficient (Wildman–Crippen LogP) is 3.75. The van der Waals surface area contributed by atoms with Gasteiger partial charge in [-0.2, -0.15) is 0 Å². The lowest BCUT2D eigenvalue weighted by molar-refractivity contribution is 0.252. The zero-order valence-electron chi connectivity index (χ0n) is 13.9. The molecule has 0 atom stereocenters. The molecule has 0 spiro atoms. The van der Waals surface area contributed by atoms with Gasteiger partial charge in [-0.25, -0.2) is 9.78 Å². The third-order valence-electron chi connectivity index (χ3n) is 3.55. The monoisotopic (exact) mass is 312 g/mol. The van der Waals surface area contributed by atoms with Crippen molar-refractivity contribution in [1.82, 2.24) is 10.3 Å². The zero-order valence-corrected chi connectivity index (χ0v) is 13.9. The highest BCUT2D eigenvalue weighted by Crippen LogP contribution is 2.16. The normalized spacial score (nSPS) is 10.4. The number of nitrogens with one attached hydrogen (secondary N) is 3. The first-order valence-electron chi connectivity index (χ1n) is 7.86. The summed E-state index contributed by atoms with van der Waals surface area (Å²) in [6, 6.07) is 11.6. The van der Waals surface area contributed by atoms with E-state index in [0.29, 0.717) is 19.0 Å². The van der Waals surface area contributed by atoms with Gasteiger partial charge in [0.1, 0.15) is 5.82 Å². The highest BCUT2D eigenvalue weighted by molar-refractivity contribution is 5.89. The molecule has 0 unspecified atom stereocenters. The first kappa shape index (κ1) is 16.8. The smallest absolute Gasteiger partial charge is 0.319 e. The van der Waals surface area contributed by atoms with E-state index < -0.39 is 0 Å². The molecule has 23 heavy (non-hydrogen) atoms. The first-order valence-corrected chi connectivity index (χ1v) is 7.86. The number of rotatable bonds is 6. The molecular formula is C18H24N4O. The second-order valence-corrected chi connectivity index (χ2v) is 5.75. The Bertz CT molecular complexity index is 638. The Labute approximate surface area is 137 Å². The number of anilines is 2. The van der Waals surface area contributed by atoms with E-state index >= 15 is 0 Å². The van der Waals surface area contributed by atoms with Crippen molar-refractivity contribution in [2.24, 2.45) is 0 Å². The molecule has 0 bridgehead atoms. The molecule has 2 amide bonds. The molecule has 0 saturated carbocycles. The highest BCUT2D eigenvalue weighted by atomic mass is 16.2. The van der Waals surface area contributed by atoms with Crippen LogP contribution in [-0.4, -0.2) is 24.1 Å². The molecule has 1 heterocycles. The summed E-state index contributed by atoms with van der Waals surface area (Å²) in [6.45, 7) is 7.43. The zero-order chi connectivity index (χ0) is 16.7. The standard InChI is InChI=1S/C18H24N4O/c1-13(2)15-6-8-16(9-7-15)22-18(23)21-12-11-20-17-14(3)5-4-10-19-17/h4-10,13H,11-12H2,1-3H3,(H,19,20)(H2,21,22,23). The molecule has 122 valence electrons. The molecule has 1 aromatic heterocycles. The van der Waals surface area contributed by atoms with Crippen molar-refractivity contribution in [3.8, 4) is 0 Å². The van der Waals surface area contributed by atoms with Gasteiger partial charge in [-0.1, -0.05) is 32.0 Å². The van der Waals surface area contributed by atoms with Crippen LogP contribution in [0.3, 0.4) is 0 Å². The summed E-state index contributed by atoms with van der Waals surface area (Å²) in [4.78, 5) is 16.1. The largest absolute Gasteiger partial charge is 0.368 e. The van der Waals surface area contributed by atoms with Crippen LogP contribution >= 0.6 is 0 Å². The van der Waals surface area contributed by atoms with Crippen LogP contribution in [0.1, 0.15) is 30.9 Å². The maximum absolute atomic E-state index is 11.8. The number of hydrogen-bond acceptors (Lipinski definition) is 3. The van der Waals surface area contributed by atoms with E-state index in [0.717, 1.165) is 17.1 Å². The number of amides is 2. The highest BCUT2D eigenvalue weighted by Gasteiger charge is 2.03. The molecule has 0 radical (unpaired) electrons. The molecular weight excluding hydrogens is 288 g/mol. The van der Waals surface area contributed by atoms with E-state index in [4.69, 9.17) is 0 Å². The second kappa shape index (κ2) is 8.17. The SMILES string of the molecule is Cc1cccnc1NCCNC(=O)Nc1ccc(C(C)C)cc1. The Morgan fingerprint density at radius 1 is 1.13 bits per heavy atom. The lowest BCUT2D eigenvalue weighted by Gasteiger charge is -2.11. The Balaban J connectivity index is 1.72. The van der Waals surface area contributed by atoms with Crippen molar-refractivity contribution in [3.05, 3.63) is 53.7 Å². The Hall–Kier alpha value is -2.56.